The summed E-state index contributed by atoms with van der Waals surface area (Å²) >= 11 is 0. The highest BCUT2D eigenvalue weighted by molar-refractivity contribution is 7.00. The van der Waals surface area contributed by atoms with Gasteiger partial charge < -0.3 is 28.4 Å². The quantitative estimate of drug-likeness (QED) is 0.127. The molecule has 0 bridgehead atoms. The molecule has 0 radical (unpaired) electrons. The third-order valence-corrected chi connectivity index (χ3v) is 26.9. The Labute approximate surface area is 672 Å². The van der Waals surface area contributed by atoms with Crippen LogP contribution in [0.2, 0.25) is 0 Å². The first-order valence-electron chi connectivity index (χ1n) is 41.6. The Morgan fingerprint density at radius 3 is 1.32 bits per heavy atom. The average molecular weight is 1480 g/mol. The number of furan rings is 2. The van der Waals surface area contributed by atoms with Crippen molar-refractivity contribution in [2.45, 2.75) is 202 Å². The molecule has 6 aliphatic rings. The van der Waals surface area contributed by atoms with Crippen molar-refractivity contribution < 1.29 is 8.83 Å². The largest absolute Gasteiger partial charge is 0.472 e. The van der Waals surface area contributed by atoms with Crippen molar-refractivity contribution in [3.05, 3.63) is 298 Å². The first kappa shape index (κ1) is 72.5. The predicted octanol–water partition coefficient (Wildman–Crippen LogP) is 24.9. The molecular formula is C105H106B2N4O2. The maximum atomic E-state index is 7.93. The molecule has 2 aliphatic carbocycles. The van der Waals surface area contributed by atoms with Gasteiger partial charge in [0.25, 0.3) is 13.4 Å². The van der Waals surface area contributed by atoms with E-state index in [9.17, 15) is 0 Å². The van der Waals surface area contributed by atoms with E-state index >= 15 is 0 Å². The van der Waals surface area contributed by atoms with Crippen molar-refractivity contribution in [1.29, 1.82) is 0 Å². The van der Waals surface area contributed by atoms with Crippen LogP contribution in [-0.2, 0) is 38.9 Å². The molecule has 1 unspecified atom stereocenters. The lowest BCUT2D eigenvalue weighted by Gasteiger charge is -2.44. The highest BCUT2D eigenvalue weighted by Gasteiger charge is 2.55. The highest BCUT2D eigenvalue weighted by Crippen LogP contribution is 2.59. The molecule has 6 nitrogen and oxygen atoms in total. The van der Waals surface area contributed by atoms with Crippen molar-refractivity contribution in [3.63, 3.8) is 0 Å². The Balaban J connectivity index is 0.791. The summed E-state index contributed by atoms with van der Waals surface area (Å²) in [5, 5.41) is 0. The molecule has 0 amide bonds. The van der Waals surface area contributed by atoms with E-state index in [2.05, 4.69) is 382 Å². The number of hydrogen-bond acceptors (Lipinski definition) is 6. The van der Waals surface area contributed by atoms with E-state index in [4.69, 9.17) is 8.83 Å². The van der Waals surface area contributed by atoms with Gasteiger partial charge in [-0.25, -0.2) is 0 Å². The van der Waals surface area contributed by atoms with Gasteiger partial charge in [-0.05, 0) is 254 Å². The van der Waals surface area contributed by atoms with Gasteiger partial charge in [0.05, 0.1) is 28.4 Å². The zero-order valence-corrected chi connectivity index (χ0v) is 69.8. The second-order valence-corrected chi connectivity index (χ2v) is 38.9. The standard InChI is InChI=1S/C105H106B2N4O2/c1-63-34-47-79(84(54-63)111-85-62-72(69-30-24-21-25-31-69)37-48-80(85)106-92-86(55-65(3)58-89(92)111)108(76-43-39-74(40-44-76)100(6,7)8)94-90-96(112-98(94)106)104(16,17)52-50-102(90,12)13)78-33-27-26-32-73(78)59-67(5)70-38-49-82-81(60-70)107-93-87(56-64(2)57-88(93)110(82)83-61-71(36-35-66(83)4)68-28-22-20-23-29-68)109(77-45-41-75(42-46-77)101(9,10)11)95-91-97(113-99(95)107)105(18,19)53-51-103(91,14)15/h20-49,54-58,60-62,67H,50-53,59H2,1-19H3. The number of rotatable bonds is 10. The average Bonchev–Trinajstić information content (AvgIpc) is 1.60. The Hall–Kier alpha value is -10.7. The second kappa shape index (κ2) is 25.7. The van der Waals surface area contributed by atoms with E-state index in [1.807, 2.05) is 0 Å². The molecule has 0 saturated carbocycles. The van der Waals surface area contributed by atoms with Crippen LogP contribution in [0.15, 0.2) is 239 Å². The van der Waals surface area contributed by atoms with Crippen LogP contribution in [0.3, 0.4) is 0 Å². The fourth-order valence-electron chi connectivity index (χ4n) is 20.4. The summed E-state index contributed by atoms with van der Waals surface area (Å²) < 4.78 is 15.8. The molecular weight excluding hydrogens is 1370 g/mol. The normalized spacial score (nSPS) is 16.7. The van der Waals surface area contributed by atoms with Gasteiger partial charge in [-0.3, -0.25) is 0 Å². The van der Waals surface area contributed by atoms with E-state index in [0.717, 1.165) is 72.0 Å². The Bertz CT molecular complexity index is 6040. The maximum Gasteiger partial charge on any atom is 0.297 e. The summed E-state index contributed by atoms with van der Waals surface area (Å²) in [6.45, 7) is 44.6. The van der Waals surface area contributed by atoms with Gasteiger partial charge in [0.2, 0.25) is 0 Å². The molecule has 1 atom stereocenters. The van der Waals surface area contributed by atoms with E-state index in [1.165, 1.54) is 162 Å². The van der Waals surface area contributed by atoms with E-state index in [-0.39, 0.29) is 51.8 Å². The van der Waals surface area contributed by atoms with Gasteiger partial charge in [-0.15, -0.1) is 0 Å². The predicted molar refractivity (Wildman–Crippen MR) is 481 cm³/mol. The molecule has 4 aliphatic heterocycles. The topological polar surface area (TPSA) is 39.2 Å². The summed E-state index contributed by atoms with van der Waals surface area (Å²) in [5.41, 5.74) is 40.6. The third kappa shape index (κ3) is 11.5. The van der Waals surface area contributed by atoms with Crippen LogP contribution in [0, 0.1) is 27.7 Å². The minimum absolute atomic E-state index is 0.00977. The SMILES string of the molecule is Cc1ccc(-c2ccccc2CC(C)c2ccc3c(c2)B2c4oc5c(c4N(c4ccc(C(C)(C)C)cc4)c4cc(C)cc(c42)N3c2cc(-c3ccccc3)ccc2C)C(C)(C)CCC5(C)C)c(N2c3cc(-c4ccccc4)ccc3B3c4oc5c(c4N(c4ccc(C(C)(C)C)cc4)c4cc(C)cc2c43)C(C)(C)CCC5(C)C)c1. The van der Waals surface area contributed by atoms with Gasteiger partial charge >= 0.3 is 0 Å². The lowest BCUT2D eigenvalue weighted by molar-refractivity contribution is 0.282. The Kier molecular flexibility index (Phi) is 16.5. The number of benzene rings is 11. The fraction of sp³-hybridized carbons (Fsp3) is 0.295. The molecule has 0 N–H and O–H groups in total. The van der Waals surface area contributed by atoms with E-state index < -0.39 is 0 Å². The minimum Gasteiger partial charge on any atom is -0.472 e. The molecule has 11 aromatic carbocycles. The molecule has 0 fully saturated rings. The van der Waals surface area contributed by atoms with Crippen molar-refractivity contribution in [2.75, 3.05) is 19.6 Å². The summed E-state index contributed by atoms with van der Waals surface area (Å²) in [6, 6.07) is 89.1. The number of nitrogens with zero attached hydrogens (tertiary/aromatic N) is 4. The fourth-order valence-corrected chi connectivity index (χ4v) is 20.4. The van der Waals surface area contributed by atoms with Crippen LogP contribution in [0.4, 0.5) is 68.2 Å². The van der Waals surface area contributed by atoms with Crippen LogP contribution >= 0.6 is 0 Å². The summed E-state index contributed by atoms with van der Waals surface area (Å²) in [4.78, 5) is 10.5. The first-order chi connectivity index (χ1) is 53.8. The van der Waals surface area contributed by atoms with Gasteiger partial charge in [0.1, 0.15) is 11.5 Å². The molecule has 2 aromatic heterocycles. The zero-order chi connectivity index (χ0) is 78.6. The number of aryl methyl sites for hydroxylation is 4. The van der Waals surface area contributed by atoms with Crippen molar-refractivity contribution in [1.82, 2.24) is 0 Å². The number of anilines is 12. The van der Waals surface area contributed by atoms with E-state index in [0.29, 0.717) is 0 Å². The van der Waals surface area contributed by atoms with Gasteiger partial charge in [-0.1, -0.05) is 262 Å². The Morgan fingerprint density at radius 2 is 0.805 bits per heavy atom. The smallest absolute Gasteiger partial charge is 0.297 e. The molecule has 8 heteroatoms. The first-order valence-corrected chi connectivity index (χ1v) is 41.6. The van der Waals surface area contributed by atoms with Crippen molar-refractivity contribution in [2.24, 2.45) is 0 Å². The molecule has 13 aromatic rings. The molecule has 564 valence electrons. The minimum atomic E-state index is -0.206. The van der Waals surface area contributed by atoms with Crippen LogP contribution < -0.4 is 52.8 Å². The molecule has 19 rings (SSSR count). The van der Waals surface area contributed by atoms with Crippen LogP contribution in [0.1, 0.15) is 203 Å². The second-order valence-electron chi connectivity index (χ2n) is 38.9. The number of fused-ring (bicyclic) bond motifs is 12. The highest BCUT2D eigenvalue weighted by atomic mass is 16.3. The lowest BCUT2D eigenvalue weighted by Crippen LogP contribution is -2.61. The Morgan fingerprint density at radius 1 is 0.363 bits per heavy atom. The molecule has 0 spiro atoms. The van der Waals surface area contributed by atoms with Crippen molar-refractivity contribution >= 4 is 115 Å². The maximum absolute atomic E-state index is 7.93. The molecule has 6 heterocycles. The lowest BCUT2D eigenvalue weighted by atomic mass is 9.35. The van der Waals surface area contributed by atoms with Gasteiger partial charge in [-0.2, -0.15) is 0 Å². The molecule has 0 saturated heterocycles. The van der Waals surface area contributed by atoms with Gasteiger partial charge in [0, 0.05) is 78.7 Å². The summed E-state index contributed by atoms with van der Waals surface area (Å²) in [7, 11) is 0. The van der Waals surface area contributed by atoms with Gasteiger partial charge in [0.15, 0.2) is 0 Å². The summed E-state index contributed by atoms with van der Waals surface area (Å²) in [6.07, 6.45) is 5.03. The monoisotopic (exact) mass is 1480 g/mol. The zero-order valence-electron chi connectivity index (χ0n) is 69.8. The summed E-state index contributed by atoms with van der Waals surface area (Å²) in [5.74, 6) is 2.35. The van der Waals surface area contributed by atoms with E-state index in [1.54, 1.807) is 0 Å². The molecule has 113 heavy (non-hydrogen) atoms. The van der Waals surface area contributed by atoms with Crippen LogP contribution in [0.25, 0.3) is 33.4 Å². The number of hydrogen-bond donors (Lipinski definition) is 0. The van der Waals surface area contributed by atoms with Crippen molar-refractivity contribution in [3.8, 4) is 33.4 Å². The van der Waals surface area contributed by atoms with Crippen LogP contribution in [-0.4, -0.2) is 13.4 Å². The van der Waals surface area contributed by atoms with Crippen LogP contribution in [0.5, 0.6) is 0 Å². The third-order valence-electron chi connectivity index (χ3n) is 26.9.